The number of esters is 1. The van der Waals surface area contributed by atoms with Crippen molar-refractivity contribution in [3.05, 3.63) is 71.3 Å². The molecule has 26 heavy (non-hydrogen) atoms. The minimum absolute atomic E-state index is 0.320. The monoisotopic (exact) mass is 354 g/mol. The van der Waals surface area contributed by atoms with Crippen molar-refractivity contribution in [2.24, 2.45) is 11.7 Å². The van der Waals surface area contributed by atoms with Gasteiger partial charge in [0.25, 0.3) is 5.91 Å². The number of carbonyl (C=O) groups is 3. The molecular weight excluding hydrogens is 332 g/mol. The van der Waals surface area contributed by atoms with Gasteiger partial charge < -0.3 is 10.5 Å². The van der Waals surface area contributed by atoms with Crippen LogP contribution in [0.3, 0.4) is 0 Å². The molecule has 0 bridgehead atoms. The van der Waals surface area contributed by atoms with Gasteiger partial charge in [-0.25, -0.2) is 9.59 Å². The standard InChI is InChI=1S/C20H22N2O4/c1-13(2)17(18(23)22-20(21)25)26-19(24)16-11-7-6-10-15(16)12-14-8-4-3-5-9-14/h3-11,13,17H,12H2,1-2H3,(H3,21,22,23,25)/t17-/m0/s1. The molecular formula is C20H22N2O4. The van der Waals surface area contributed by atoms with Crippen molar-refractivity contribution in [1.82, 2.24) is 5.32 Å². The van der Waals surface area contributed by atoms with Crippen molar-refractivity contribution in [3.63, 3.8) is 0 Å². The summed E-state index contributed by atoms with van der Waals surface area (Å²) in [5.74, 6) is -1.67. The van der Waals surface area contributed by atoms with Crippen LogP contribution in [0.25, 0.3) is 0 Å². The van der Waals surface area contributed by atoms with Crippen molar-refractivity contribution >= 4 is 17.9 Å². The molecule has 0 aromatic heterocycles. The third-order valence-corrected chi connectivity index (χ3v) is 3.82. The van der Waals surface area contributed by atoms with E-state index in [0.717, 1.165) is 11.1 Å². The fraction of sp³-hybridized carbons (Fsp3) is 0.250. The van der Waals surface area contributed by atoms with E-state index in [2.05, 4.69) is 0 Å². The van der Waals surface area contributed by atoms with Gasteiger partial charge in [0.05, 0.1) is 5.56 Å². The number of urea groups is 1. The Kier molecular flexibility index (Phi) is 6.49. The fourth-order valence-corrected chi connectivity index (χ4v) is 2.55. The van der Waals surface area contributed by atoms with Crippen LogP contribution in [0.5, 0.6) is 0 Å². The highest BCUT2D eigenvalue weighted by Gasteiger charge is 2.28. The number of hydrogen-bond donors (Lipinski definition) is 2. The molecule has 3 N–H and O–H groups in total. The highest BCUT2D eigenvalue weighted by Crippen LogP contribution is 2.18. The molecule has 3 amide bonds. The Morgan fingerprint density at radius 1 is 1.00 bits per heavy atom. The SMILES string of the molecule is CC(C)[C@H](OC(=O)c1ccccc1Cc1ccccc1)C(=O)NC(N)=O. The first-order valence-electron chi connectivity index (χ1n) is 8.31. The molecule has 0 saturated carbocycles. The number of nitrogens with two attached hydrogens (primary N) is 1. The second-order valence-corrected chi connectivity index (χ2v) is 6.24. The summed E-state index contributed by atoms with van der Waals surface area (Å²) in [6.07, 6.45) is -0.550. The lowest BCUT2D eigenvalue weighted by Gasteiger charge is -2.20. The molecule has 2 aromatic rings. The van der Waals surface area contributed by atoms with Gasteiger partial charge in [-0.1, -0.05) is 62.4 Å². The first-order chi connectivity index (χ1) is 12.4. The van der Waals surface area contributed by atoms with Gasteiger partial charge in [0, 0.05) is 0 Å². The Labute approximate surface area is 152 Å². The minimum atomic E-state index is -1.11. The molecule has 6 heteroatoms. The molecule has 2 rings (SSSR count). The number of amides is 3. The molecule has 0 heterocycles. The molecule has 0 spiro atoms. The first-order valence-corrected chi connectivity index (χ1v) is 8.31. The Morgan fingerprint density at radius 2 is 1.62 bits per heavy atom. The molecule has 0 unspecified atom stereocenters. The van der Waals surface area contributed by atoms with E-state index < -0.39 is 24.0 Å². The van der Waals surface area contributed by atoms with Crippen LogP contribution in [0.1, 0.15) is 35.3 Å². The molecule has 136 valence electrons. The van der Waals surface area contributed by atoms with Crippen LogP contribution >= 0.6 is 0 Å². The summed E-state index contributed by atoms with van der Waals surface area (Å²) in [7, 11) is 0. The normalized spacial score (nSPS) is 11.7. The molecule has 6 nitrogen and oxygen atoms in total. The van der Waals surface area contributed by atoms with Gasteiger partial charge in [-0.3, -0.25) is 10.1 Å². The Balaban J connectivity index is 2.20. The molecule has 0 aliphatic carbocycles. The van der Waals surface area contributed by atoms with E-state index in [1.54, 1.807) is 26.0 Å². The maximum absolute atomic E-state index is 12.6. The lowest BCUT2D eigenvalue weighted by atomic mass is 9.99. The van der Waals surface area contributed by atoms with E-state index in [1.807, 2.05) is 47.8 Å². The zero-order valence-corrected chi connectivity index (χ0v) is 14.8. The van der Waals surface area contributed by atoms with E-state index in [-0.39, 0.29) is 5.92 Å². The van der Waals surface area contributed by atoms with E-state index in [4.69, 9.17) is 10.5 Å². The van der Waals surface area contributed by atoms with Crippen molar-refractivity contribution in [2.75, 3.05) is 0 Å². The van der Waals surface area contributed by atoms with Crippen LogP contribution in [-0.2, 0) is 16.0 Å². The fourth-order valence-electron chi connectivity index (χ4n) is 2.55. The Hall–Kier alpha value is -3.15. The van der Waals surface area contributed by atoms with E-state index in [1.165, 1.54) is 0 Å². The van der Waals surface area contributed by atoms with Gasteiger partial charge in [-0.2, -0.15) is 0 Å². The highest BCUT2D eigenvalue weighted by atomic mass is 16.5. The zero-order chi connectivity index (χ0) is 19.1. The molecule has 0 saturated heterocycles. The van der Waals surface area contributed by atoms with Gasteiger partial charge in [-0.05, 0) is 29.5 Å². The average molecular weight is 354 g/mol. The van der Waals surface area contributed by atoms with Crippen molar-refractivity contribution in [1.29, 1.82) is 0 Å². The third kappa shape index (κ3) is 5.17. The number of rotatable bonds is 6. The number of hydrogen-bond acceptors (Lipinski definition) is 4. The summed E-state index contributed by atoms with van der Waals surface area (Å²) in [6, 6.07) is 15.8. The number of benzene rings is 2. The molecule has 0 fully saturated rings. The lowest BCUT2D eigenvalue weighted by molar-refractivity contribution is -0.130. The summed E-state index contributed by atoms with van der Waals surface area (Å²) >= 11 is 0. The number of imide groups is 1. The van der Waals surface area contributed by atoms with Gasteiger partial charge in [-0.15, -0.1) is 0 Å². The topological polar surface area (TPSA) is 98.5 Å². The van der Waals surface area contributed by atoms with Crippen LogP contribution in [0, 0.1) is 5.92 Å². The van der Waals surface area contributed by atoms with Gasteiger partial charge in [0.15, 0.2) is 6.10 Å². The van der Waals surface area contributed by atoms with Crippen molar-refractivity contribution < 1.29 is 19.1 Å². The van der Waals surface area contributed by atoms with Crippen molar-refractivity contribution in [2.45, 2.75) is 26.4 Å². The molecule has 0 aliphatic rings. The summed E-state index contributed by atoms with van der Waals surface area (Å²) in [6.45, 7) is 3.43. The Morgan fingerprint density at radius 3 is 2.23 bits per heavy atom. The van der Waals surface area contributed by atoms with E-state index in [9.17, 15) is 14.4 Å². The van der Waals surface area contributed by atoms with Gasteiger partial charge >= 0.3 is 12.0 Å². The second-order valence-electron chi connectivity index (χ2n) is 6.24. The predicted molar refractivity (Wildman–Crippen MR) is 97.5 cm³/mol. The van der Waals surface area contributed by atoms with Gasteiger partial charge in [0.2, 0.25) is 0 Å². The summed E-state index contributed by atoms with van der Waals surface area (Å²) in [5.41, 5.74) is 7.20. The van der Waals surface area contributed by atoms with Crippen LogP contribution in [0.15, 0.2) is 54.6 Å². The Bertz CT molecular complexity index is 787. The van der Waals surface area contributed by atoms with E-state index in [0.29, 0.717) is 12.0 Å². The summed E-state index contributed by atoms with van der Waals surface area (Å²) < 4.78 is 5.38. The molecule has 0 aliphatic heterocycles. The smallest absolute Gasteiger partial charge is 0.339 e. The number of primary amides is 1. The van der Waals surface area contributed by atoms with Crippen LogP contribution in [0.2, 0.25) is 0 Å². The lowest BCUT2D eigenvalue weighted by Crippen LogP contribution is -2.45. The van der Waals surface area contributed by atoms with Gasteiger partial charge in [0.1, 0.15) is 0 Å². The summed E-state index contributed by atoms with van der Waals surface area (Å²) in [4.78, 5) is 35.6. The van der Waals surface area contributed by atoms with Crippen LogP contribution < -0.4 is 11.1 Å². The largest absolute Gasteiger partial charge is 0.448 e. The molecule has 2 aromatic carbocycles. The maximum Gasteiger partial charge on any atom is 0.339 e. The number of carbonyl (C=O) groups excluding carboxylic acids is 3. The predicted octanol–water partition coefficient (Wildman–Crippen LogP) is 2.65. The number of ether oxygens (including phenoxy) is 1. The third-order valence-electron chi connectivity index (χ3n) is 3.82. The minimum Gasteiger partial charge on any atom is -0.448 e. The van der Waals surface area contributed by atoms with Crippen LogP contribution in [0.4, 0.5) is 4.79 Å². The van der Waals surface area contributed by atoms with Crippen molar-refractivity contribution in [3.8, 4) is 0 Å². The van der Waals surface area contributed by atoms with Crippen LogP contribution in [-0.4, -0.2) is 24.0 Å². The second kappa shape index (κ2) is 8.80. The number of nitrogens with one attached hydrogen (secondary N) is 1. The maximum atomic E-state index is 12.6. The molecule has 0 radical (unpaired) electrons. The zero-order valence-electron chi connectivity index (χ0n) is 14.8. The molecule has 1 atom stereocenters. The quantitative estimate of drug-likeness (QED) is 0.779. The first kappa shape index (κ1) is 19.2. The van der Waals surface area contributed by atoms with E-state index >= 15 is 0 Å². The average Bonchev–Trinajstić information content (AvgIpc) is 2.60. The summed E-state index contributed by atoms with van der Waals surface area (Å²) in [5, 5.41) is 1.96. The highest BCUT2D eigenvalue weighted by molar-refractivity contribution is 5.98.